The molecule has 0 heterocycles. The number of carbonyl (C=O) groups excluding carboxylic acids is 1. The zero-order chi connectivity index (χ0) is 16.1. The zero-order valence-electron chi connectivity index (χ0n) is 13.1. The van der Waals surface area contributed by atoms with E-state index in [-0.39, 0.29) is 5.91 Å². The van der Waals surface area contributed by atoms with E-state index in [0.29, 0.717) is 13.0 Å². The molecule has 2 rings (SSSR count). The summed E-state index contributed by atoms with van der Waals surface area (Å²) in [5.41, 5.74) is 4.23. The number of amides is 1. The number of halogens is 1. The van der Waals surface area contributed by atoms with Crippen molar-refractivity contribution in [3.8, 4) is 5.75 Å². The van der Waals surface area contributed by atoms with Crippen LogP contribution in [-0.2, 0) is 4.79 Å². The van der Waals surface area contributed by atoms with Crippen LogP contribution in [-0.4, -0.2) is 12.5 Å². The molecule has 0 unspecified atom stereocenters. The molecule has 0 atom stereocenters. The molecule has 1 N–H and O–H groups in total. The lowest BCUT2D eigenvalue weighted by Gasteiger charge is -2.10. The second-order valence-corrected chi connectivity index (χ2v) is 6.31. The van der Waals surface area contributed by atoms with E-state index in [0.717, 1.165) is 32.6 Å². The van der Waals surface area contributed by atoms with Gasteiger partial charge in [0, 0.05) is 4.47 Å². The van der Waals surface area contributed by atoms with Crippen LogP contribution < -0.4 is 10.1 Å². The minimum atomic E-state index is -0.0612. The normalized spacial score (nSPS) is 10.4. The van der Waals surface area contributed by atoms with E-state index in [1.54, 1.807) is 0 Å². The standard InChI is InChI=1S/C18H20BrNO2/c1-12-4-5-17(16(19)11-12)20-18(21)6-7-22-15-9-13(2)8-14(3)10-15/h4-5,8-11H,6-7H2,1-3H3,(H,20,21). The third-order valence-electron chi connectivity index (χ3n) is 3.19. The van der Waals surface area contributed by atoms with E-state index in [9.17, 15) is 4.79 Å². The van der Waals surface area contributed by atoms with Crippen LogP contribution in [0.25, 0.3) is 0 Å². The van der Waals surface area contributed by atoms with Crippen LogP contribution in [0.5, 0.6) is 5.75 Å². The van der Waals surface area contributed by atoms with Crippen LogP contribution in [0, 0.1) is 20.8 Å². The van der Waals surface area contributed by atoms with Crippen molar-refractivity contribution >= 4 is 27.5 Å². The van der Waals surface area contributed by atoms with E-state index >= 15 is 0 Å². The third-order valence-corrected chi connectivity index (χ3v) is 3.85. The molecule has 0 aliphatic carbocycles. The summed E-state index contributed by atoms with van der Waals surface area (Å²) < 4.78 is 6.54. The minimum absolute atomic E-state index is 0.0612. The van der Waals surface area contributed by atoms with Gasteiger partial charge in [0.05, 0.1) is 18.7 Å². The summed E-state index contributed by atoms with van der Waals surface area (Å²) in [7, 11) is 0. The van der Waals surface area contributed by atoms with Gasteiger partial charge in [-0.25, -0.2) is 0 Å². The summed E-state index contributed by atoms with van der Waals surface area (Å²) in [4.78, 5) is 12.0. The first-order valence-corrected chi connectivity index (χ1v) is 8.00. The number of benzene rings is 2. The monoisotopic (exact) mass is 361 g/mol. The molecule has 0 spiro atoms. The van der Waals surface area contributed by atoms with Gasteiger partial charge in [-0.1, -0.05) is 12.1 Å². The maximum Gasteiger partial charge on any atom is 0.227 e. The fourth-order valence-electron chi connectivity index (χ4n) is 2.21. The third kappa shape index (κ3) is 4.88. The van der Waals surface area contributed by atoms with Crippen molar-refractivity contribution in [1.29, 1.82) is 0 Å². The number of ether oxygens (including phenoxy) is 1. The summed E-state index contributed by atoms with van der Waals surface area (Å²) in [5, 5.41) is 2.88. The van der Waals surface area contributed by atoms with Crippen LogP contribution in [0.1, 0.15) is 23.1 Å². The molecule has 1 amide bonds. The molecule has 0 bridgehead atoms. The smallest absolute Gasteiger partial charge is 0.227 e. The van der Waals surface area contributed by atoms with Crippen molar-refractivity contribution in [3.63, 3.8) is 0 Å². The Balaban J connectivity index is 1.85. The van der Waals surface area contributed by atoms with E-state index in [4.69, 9.17) is 4.74 Å². The largest absolute Gasteiger partial charge is 0.493 e. The Bertz CT molecular complexity index is 663. The number of nitrogens with one attached hydrogen (secondary N) is 1. The molecule has 2 aromatic rings. The van der Waals surface area contributed by atoms with Gasteiger partial charge < -0.3 is 10.1 Å². The summed E-state index contributed by atoms with van der Waals surface area (Å²) in [6.07, 6.45) is 0.313. The van der Waals surface area contributed by atoms with Crippen molar-refractivity contribution in [2.24, 2.45) is 0 Å². The lowest BCUT2D eigenvalue weighted by molar-refractivity contribution is -0.116. The van der Waals surface area contributed by atoms with E-state index < -0.39 is 0 Å². The van der Waals surface area contributed by atoms with Crippen molar-refractivity contribution in [1.82, 2.24) is 0 Å². The molecule has 3 nitrogen and oxygen atoms in total. The molecule has 0 aliphatic rings. The summed E-state index contributed by atoms with van der Waals surface area (Å²) in [6, 6.07) is 11.9. The fraction of sp³-hybridized carbons (Fsp3) is 0.278. The number of hydrogen-bond donors (Lipinski definition) is 1. The maximum atomic E-state index is 12.0. The highest BCUT2D eigenvalue weighted by Gasteiger charge is 2.06. The van der Waals surface area contributed by atoms with Gasteiger partial charge in [0.15, 0.2) is 0 Å². The van der Waals surface area contributed by atoms with Crippen molar-refractivity contribution < 1.29 is 9.53 Å². The van der Waals surface area contributed by atoms with Crippen LogP contribution in [0.3, 0.4) is 0 Å². The van der Waals surface area contributed by atoms with Gasteiger partial charge >= 0.3 is 0 Å². The molecular formula is C18H20BrNO2. The first kappa shape index (κ1) is 16.6. The quantitative estimate of drug-likeness (QED) is 0.831. The number of anilines is 1. The average Bonchev–Trinajstić information content (AvgIpc) is 2.41. The van der Waals surface area contributed by atoms with Gasteiger partial charge in [-0.15, -0.1) is 0 Å². The highest BCUT2D eigenvalue weighted by molar-refractivity contribution is 9.10. The van der Waals surface area contributed by atoms with Crippen LogP contribution in [0.15, 0.2) is 40.9 Å². The number of carbonyl (C=O) groups is 1. The topological polar surface area (TPSA) is 38.3 Å². The molecule has 0 saturated heterocycles. The van der Waals surface area contributed by atoms with Gasteiger partial charge in [-0.2, -0.15) is 0 Å². The first-order valence-electron chi connectivity index (χ1n) is 7.21. The Hall–Kier alpha value is -1.81. The Morgan fingerprint density at radius 3 is 2.36 bits per heavy atom. The van der Waals surface area contributed by atoms with E-state index in [1.807, 2.05) is 51.1 Å². The molecule has 0 radical (unpaired) electrons. The number of rotatable bonds is 5. The Morgan fingerprint density at radius 1 is 1.05 bits per heavy atom. The Kier molecular flexibility index (Phi) is 5.61. The van der Waals surface area contributed by atoms with Crippen LogP contribution >= 0.6 is 15.9 Å². The molecule has 2 aromatic carbocycles. The second-order valence-electron chi connectivity index (χ2n) is 5.45. The average molecular weight is 362 g/mol. The minimum Gasteiger partial charge on any atom is -0.493 e. The fourth-order valence-corrected chi connectivity index (χ4v) is 2.80. The van der Waals surface area contributed by atoms with Crippen LogP contribution in [0.4, 0.5) is 5.69 Å². The molecular weight excluding hydrogens is 342 g/mol. The van der Waals surface area contributed by atoms with Gasteiger partial charge in [0.1, 0.15) is 5.75 Å². The Labute approximate surface area is 139 Å². The number of aryl methyl sites for hydroxylation is 3. The van der Waals surface area contributed by atoms with Crippen LogP contribution in [0.2, 0.25) is 0 Å². The Morgan fingerprint density at radius 2 is 1.73 bits per heavy atom. The molecule has 0 fully saturated rings. The van der Waals surface area contributed by atoms with Crippen molar-refractivity contribution in [3.05, 3.63) is 57.6 Å². The summed E-state index contributed by atoms with van der Waals surface area (Å²) in [5.74, 6) is 0.746. The summed E-state index contributed by atoms with van der Waals surface area (Å²) >= 11 is 3.45. The molecule has 4 heteroatoms. The molecule has 22 heavy (non-hydrogen) atoms. The highest BCUT2D eigenvalue weighted by Crippen LogP contribution is 2.23. The van der Waals surface area contributed by atoms with Gasteiger partial charge in [-0.3, -0.25) is 4.79 Å². The van der Waals surface area contributed by atoms with E-state index in [2.05, 4.69) is 27.3 Å². The predicted molar refractivity (Wildman–Crippen MR) is 93.5 cm³/mol. The van der Waals surface area contributed by atoms with Crippen molar-refractivity contribution in [2.75, 3.05) is 11.9 Å². The molecule has 0 aromatic heterocycles. The first-order chi connectivity index (χ1) is 10.4. The maximum absolute atomic E-state index is 12.0. The van der Waals surface area contributed by atoms with Gasteiger partial charge in [0.2, 0.25) is 5.91 Å². The van der Waals surface area contributed by atoms with E-state index in [1.165, 1.54) is 0 Å². The molecule has 116 valence electrons. The predicted octanol–water partition coefficient (Wildman–Crippen LogP) is 4.78. The lowest BCUT2D eigenvalue weighted by atomic mass is 10.1. The zero-order valence-corrected chi connectivity index (χ0v) is 14.7. The molecule has 0 saturated carbocycles. The van der Waals surface area contributed by atoms with Gasteiger partial charge in [0.25, 0.3) is 0 Å². The van der Waals surface area contributed by atoms with Gasteiger partial charge in [-0.05, 0) is 77.7 Å². The lowest BCUT2D eigenvalue weighted by Crippen LogP contribution is -2.15. The second kappa shape index (κ2) is 7.45. The SMILES string of the molecule is Cc1cc(C)cc(OCCC(=O)Nc2ccc(C)cc2Br)c1. The molecule has 0 aliphatic heterocycles. The summed E-state index contributed by atoms with van der Waals surface area (Å²) in [6.45, 7) is 6.43. The number of hydrogen-bond acceptors (Lipinski definition) is 2. The highest BCUT2D eigenvalue weighted by atomic mass is 79.9. The van der Waals surface area contributed by atoms with Crippen molar-refractivity contribution in [2.45, 2.75) is 27.2 Å².